The van der Waals surface area contributed by atoms with Crippen molar-refractivity contribution in [2.75, 3.05) is 13.1 Å². The highest BCUT2D eigenvalue weighted by atomic mass is 14.9. The van der Waals surface area contributed by atoms with Crippen LogP contribution in [0.3, 0.4) is 0 Å². The number of nitrogens with zero attached hydrogens (tertiary/aromatic N) is 1. The van der Waals surface area contributed by atoms with E-state index in [2.05, 4.69) is 33.5 Å². The molecule has 0 radical (unpaired) electrons. The number of rotatable bonds is 4. The number of imidazole rings is 1. The number of aromatic amines is 1. The minimum Gasteiger partial charge on any atom is -0.342 e. The van der Waals surface area contributed by atoms with E-state index < -0.39 is 0 Å². The van der Waals surface area contributed by atoms with E-state index >= 15 is 0 Å². The van der Waals surface area contributed by atoms with Crippen molar-refractivity contribution in [2.45, 2.75) is 25.7 Å². The van der Waals surface area contributed by atoms with Crippen LogP contribution < -0.4 is 5.32 Å². The fraction of sp³-hybridized carbons (Fsp3) is 0.500. The summed E-state index contributed by atoms with van der Waals surface area (Å²) in [6.07, 6.45) is 4.99. The zero-order chi connectivity index (χ0) is 11.5. The Kier molecular flexibility index (Phi) is 3.10. The molecule has 0 aliphatic carbocycles. The molecule has 1 atom stereocenters. The van der Waals surface area contributed by atoms with Gasteiger partial charge in [0.25, 0.3) is 0 Å². The standard InChI is InChI=1S/C14H19N3/c1-2-6-13-12(5-1)16-14(17-13)7-3-4-11-8-9-15-10-11/h1-2,5-6,11,15H,3-4,7-10H2,(H,16,17). The van der Waals surface area contributed by atoms with Crippen LogP contribution in [0.2, 0.25) is 0 Å². The van der Waals surface area contributed by atoms with Gasteiger partial charge in [0.15, 0.2) is 0 Å². The number of nitrogens with one attached hydrogen (secondary N) is 2. The van der Waals surface area contributed by atoms with Crippen LogP contribution in [-0.4, -0.2) is 23.1 Å². The summed E-state index contributed by atoms with van der Waals surface area (Å²) in [6.45, 7) is 2.41. The molecule has 17 heavy (non-hydrogen) atoms. The lowest BCUT2D eigenvalue weighted by atomic mass is 10.0. The van der Waals surface area contributed by atoms with Gasteiger partial charge in [-0.15, -0.1) is 0 Å². The van der Waals surface area contributed by atoms with Crippen LogP contribution in [0, 0.1) is 5.92 Å². The lowest BCUT2D eigenvalue weighted by molar-refractivity contribution is 0.506. The molecule has 1 aliphatic heterocycles. The van der Waals surface area contributed by atoms with Crippen molar-refractivity contribution in [3.63, 3.8) is 0 Å². The summed E-state index contributed by atoms with van der Waals surface area (Å²) in [5.41, 5.74) is 2.25. The number of para-hydroxylation sites is 2. The predicted molar refractivity (Wildman–Crippen MR) is 70.0 cm³/mol. The lowest BCUT2D eigenvalue weighted by Crippen LogP contribution is -2.09. The predicted octanol–water partition coefficient (Wildman–Crippen LogP) is 2.50. The molecular weight excluding hydrogens is 210 g/mol. The summed E-state index contributed by atoms with van der Waals surface area (Å²) in [5, 5.41) is 3.42. The zero-order valence-electron chi connectivity index (χ0n) is 10.1. The molecule has 1 aliphatic rings. The smallest absolute Gasteiger partial charge is 0.107 e. The van der Waals surface area contributed by atoms with Crippen molar-refractivity contribution < 1.29 is 0 Å². The molecule has 0 amide bonds. The maximum atomic E-state index is 4.61. The van der Waals surface area contributed by atoms with Crippen LogP contribution >= 0.6 is 0 Å². The molecule has 2 N–H and O–H groups in total. The maximum absolute atomic E-state index is 4.61. The van der Waals surface area contributed by atoms with Gasteiger partial charge in [-0.1, -0.05) is 12.1 Å². The molecule has 0 saturated carbocycles. The second-order valence-electron chi connectivity index (χ2n) is 4.95. The van der Waals surface area contributed by atoms with Gasteiger partial charge >= 0.3 is 0 Å². The van der Waals surface area contributed by atoms with Crippen molar-refractivity contribution in [1.29, 1.82) is 0 Å². The number of hydrogen-bond donors (Lipinski definition) is 2. The summed E-state index contributed by atoms with van der Waals surface area (Å²) in [6, 6.07) is 8.24. The highest BCUT2D eigenvalue weighted by molar-refractivity contribution is 5.74. The van der Waals surface area contributed by atoms with Crippen LogP contribution in [0.5, 0.6) is 0 Å². The zero-order valence-corrected chi connectivity index (χ0v) is 10.1. The van der Waals surface area contributed by atoms with E-state index in [-0.39, 0.29) is 0 Å². The SMILES string of the molecule is c1ccc2[nH]c(CCCC3CCNC3)nc2c1. The number of hydrogen-bond acceptors (Lipinski definition) is 2. The molecule has 1 saturated heterocycles. The molecule has 3 heteroatoms. The third-order valence-corrected chi connectivity index (χ3v) is 3.63. The van der Waals surface area contributed by atoms with Gasteiger partial charge < -0.3 is 10.3 Å². The van der Waals surface area contributed by atoms with Crippen LogP contribution in [0.15, 0.2) is 24.3 Å². The molecule has 3 rings (SSSR count). The molecule has 0 bridgehead atoms. The highest BCUT2D eigenvalue weighted by Gasteiger charge is 2.13. The number of benzene rings is 1. The second kappa shape index (κ2) is 4.88. The first-order valence-electron chi connectivity index (χ1n) is 6.56. The Balaban J connectivity index is 1.57. The van der Waals surface area contributed by atoms with E-state index in [4.69, 9.17) is 0 Å². The molecule has 90 valence electrons. The minimum absolute atomic E-state index is 0.888. The maximum Gasteiger partial charge on any atom is 0.107 e. The molecule has 1 unspecified atom stereocenters. The summed E-state index contributed by atoms with van der Waals surface area (Å²) in [5.74, 6) is 2.02. The van der Waals surface area contributed by atoms with E-state index in [0.29, 0.717) is 0 Å². The summed E-state index contributed by atoms with van der Waals surface area (Å²) in [7, 11) is 0. The Morgan fingerprint density at radius 3 is 3.06 bits per heavy atom. The van der Waals surface area contributed by atoms with E-state index in [9.17, 15) is 0 Å². The third-order valence-electron chi connectivity index (χ3n) is 3.63. The monoisotopic (exact) mass is 229 g/mol. The Bertz CT molecular complexity index is 450. The summed E-state index contributed by atoms with van der Waals surface area (Å²) >= 11 is 0. The first kappa shape index (κ1) is 10.8. The fourth-order valence-electron chi connectivity index (χ4n) is 2.64. The van der Waals surface area contributed by atoms with Crippen LogP contribution in [0.1, 0.15) is 25.1 Å². The van der Waals surface area contributed by atoms with Gasteiger partial charge in [0.1, 0.15) is 5.82 Å². The van der Waals surface area contributed by atoms with Gasteiger partial charge in [-0.05, 0) is 50.4 Å². The molecule has 1 fully saturated rings. The first-order valence-corrected chi connectivity index (χ1v) is 6.56. The number of aryl methyl sites for hydroxylation is 1. The van der Waals surface area contributed by atoms with Crippen molar-refractivity contribution >= 4 is 11.0 Å². The third kappa shape index (κ3) is 2.50. The van der Waals surface area contributed by atoms with Gasteiger partial charge in [0.05, 0.1) is 11.0 Å². The molecule has 0 spiro atoms. The van der Waals surface area contributed by atoms with Gasteiger partial charge in [-0.25, -0.2) is 4.98 Å². The molecule has 1 aromatic heterocycles. The number of fused-ring (bicyclic) bond motifs is 1. The van der Waals surface area contributed by atoms with Crippen molar-refractivity contribution in [3.8, 4) is 0 Å². The van der Waals surface area contributed by atoms with Gasteiger partial charge in [-0.2, -0.15) is 0 Å². The molecule has 1 aromatic carbocycles. The Hall–Kier alpha value is -1.35. The molecule has 2 heterocycles. The molecule has 2 aromatic rings. The van der Waals surface area contributed by atoms with E-state index in [1.807, 2.05) is 6.07 Å². The minimum atomic E-state index is 0.888. The number of H-pyrrole nitrogens is 1. The second-order valence-corrected chi connectivity index (χ2v) is 4.95. The lowest BCUT2D eigenvalue weighted by Gasteiger charge is -2.05. The largest absolute Gasteiger partial charge is 0.342 e. The highest BCUT2D eigenvalue weighted by Crippen LogP contribution is 2.17. The van der Waals surface area contributed by atoms with Crippen molar-refractivity contribution in [2.24, 2.45) is 5.92 Å². The first-order chi connectivity index (χ1) is 8.42. The average Bonchev–Trinajstić information content (AvgIpc) is 2.96. The van der Waals surface area contributed by atoms with Gasteiger partial charge in [0, 0.05) is 6.42 Å². The van der Waals surface area contributed by atoms with Crippen molar-refractivity contribution in [3.05, 3.63) is 30.1 Å². The molecule has 3 nitrogen and oxygen atoms in total. The fourth-order valence-corrected chi connectivity index (χ4v) is 2.64. The van der Waals surface area contributed by atoms with Gasteiger partial charge in [-0.3, -0.25) is 0 Å². The summed E-state index contributed by atoms with van der Waals surface area (Å²) < 4.78 is 0. The van der Waals surface area contributed by atoms with E-state index in [1.54, 1.807) is 0 Å². The van der Waals surface area contributed by atoms with Gasteiger partial charge in [0.2, 0.25) is 0 Å². The van der Waals surface area contributed by atoms with Crippen LogP contribution in [0.25, 0.3) is 11.0 Å². The average molecular weight is 229 g/mol. The Labute approximate surface area is 102 Å². The topological polar surface area (TPSA) is 40.7 Å². The Morgan fingerprint density at radius 2 is 2.24 bits per heavy atom. The quantitative estimate of drug-likeness (QED) is 0.845. The number of aromatic nitrogens is 2. The summed E-state index contributed by atoms with van der Waals surface area (Å²) in [4.78, 5) is 8.00. The Morgan fingerprint density at radius 1 is 1.29 bits per heavy atom. The van der Waals surface area contributed by atoms with Crippen molar-refractivity contribution in [1.82, 2.24) is 15.3 Å². The van der Waals surface area contributed by atoms with Crippen LogP contribution in [0.4, 0.5) is 0 Å². The normalized spacial score (nSPS) is 20.1. The molecular formula is C14H19N3. The van der Waals surface area contributed by atoms with E-state index in [0.717, 1.165) is 29.2 Å². The van der Waals surface area contributed by atoms with Crippen LogP contribution in [-0.2, 0) is 6.42 Å². The van der Waals surface area contributed by atoms with E-state index in [1.165, 1.54) is 32.4 Å².